The number of pyridine rings is 1. The number of rotatable bonds is 13. The molecule has 0 bridgehead atoms. The van der Waals surface area contributed by atoms with Crippen LogP contribution in [-0.4, -0.2) is 52.1 Å². The number of hydrogen-bond donors (Lipinski definition) is 3. The largest absolute Gasteiger partial charge is 0.485 e. The van der Waals surface area contributed by atoms with E-state index in [9.17, 15) is 13.9 Å². The highest BCUT2D eigenvalue weighted by atomic mass is 19.1. The van der Waals surface area contributed by atoms with E-state index in [0.29, 0.717) is 30.8 Å². The average molecular weight is 421 g/mol. The maximum Gasteiger partial charge on any atom is 0.180 e. The topological polar surface area (TPSA) is 79.0 Å². The number of imidazole rings is 1. The molecule has 2 heterocycles. The fourth-order valence-electron chi connectivity index (χ4n) is 2.92. The number of fused-ring (bicyclic) bond motifs is 1. The Hall–Kier alpha value is -2.55. The SMILES string of the molecule is C=C(COc1cccn2c(CN[C@@H](CO)CCCO)c(C)nc12)/C(F)=C\C=C/CF. The van der Waals surface area contributed by atoms with E-state index < -0.39 is 12.5 Å². The maximum atomic E-state index is 13.9. The number of aryl methyl sites for hydroxylation is 1. The number of nitrogens with zero attached hydrogens (tertiary/aromatic N) is 2. The summed E-state index contributed by atoms with van der Waals surface area (Å²) in [5.74, 6) is -0.0897. The molecule has 0 aliphatic rings. The van der Waals surface area contributed by atoms with E-state index in [1.54, 1.807) is 12.1 Å². The normalized spacial score (nSPS) is 13.3. The van der Waals surface area contributed by atoms with Crippen LogP contribution in [0, 0.1) is 6.92 Å². The Kier molecular flexibility index (Phi) is 9.66. The smallest absolute Gasteiger partial charge is 0.180 e. The lowest BCUT2D eigenvalue weighted by atomic mass is 10.1. The number of nitrogens with one attached hydrogen (secondary N) is 1. The number of aromatic nitrogens is 2. The molecule has 2 aromatic heterocycles. The molecule has 0 spiro atoms. The number of ether oxygens (including phenoxy) is 1. The van der Waals surface area contributed by atoms with Gasteiger partial charge in [-0.15, -0.1) is 0 Å². The molecule has 0 aliphatic carbocycles. The van der Waals surface area contributed by atoms with Gasteiger partial charge in [0, 0.05) is 31.0 Å². The van der Waals surface area contributed by atoms with Gasteiger partial charge in [0.05, 0.1) is 18.0 Å². The predicted molar refractivity (Wildman–Crippen MR) is 113 cm³/mol. The van der Waals surface area contributed by atoms with Crippen molar-refractivity contribution in [2.75, 3.05) is 26.5 Å². The number of aliphatic hydroxyl groups excluding tert-OH is 2. The van der Waals surface area contributed by atoms with E-state index in [2.05, 4.69) is 16.9 Å². The molecule has 3 N–H and O–H groups in total. The summed E-state index contributed by atoms with van der Waals surface area (Å²) in [7, 11) is 0. The molecule has 0 aromatic carbocycles. The average Bonchev–Trinajstić information content (AvgIpc) is 3.07. The minimum Gasteiger partial charge on any atom is -0.485 e. The minimum absolute atomic E-state index is 0.0220. The molecule has 0 fully saturated rings. The highest BCUT2D eigenvalue weighted by Crippen LogP contribution is 2.23. The van der Waals surface area contributed by atoms with Crippen molar-refractivity contribution in [2.45, 2.75) is 32.4 Å². The van der Waals surface area contributed by atoms with E-state index in [1.807, 2.05) is 17.5 Å². The molecule has 164 valence electrons. The number of halogens is 2. The van der Waals surface area contributed by atoms with Crippen molar-refractivity contribution in [2.24, 2.45) is 0 Å². The highest BCUT2D eigenvalue weighted by Gasteiger charge is 2.15. The van der Waals surface area contributed by atoms with Gasteiger partial charge in [0.2, 0.25) is 0 Å². The van der Waals surface area contributed by atoms with Crippen LogP contribution in [0.25, 0.3) is 5.65 Å². The third-order valence-corrected chi connectivity index (χ3v) is 4.61. The van der Waals surface area contributed by atoms with Gasteiger partial charge in [0.25, 0.3) is 0 Å². The van der Waals surface area contributed by atoms with Crippen LogP contribution in [-0.2, 0) is 6.54 Å². The fourth-order valence-corrected chi connectivity index (χ4v) is 2.92. The van der Waals surface area contributed by atoms with Crippen molar-refractivity contribution in [1.29, 1.82) is 0 Å². The number of alkyl halides is 1. The zero-order valence-corrected chi connectivity index (χ0v) is 17.2. The molecule has 0 aliphatic heterocycles. The van der Waals surface area contributed by atoms with Gasteiger partial charge in [0.15, 0.2) is 11.4 Å². The first kappa shape index (κ1) is 23.7. The van der Waals surface area contributed by atoms with Gasteiger partial charge < -0.3 is 20.3 Å². The minimum atomic E-state index is -0.661. The summed E-state index contributed by atoms with van der Waals surface area (Å²) in [5.41, 5.74) is 2.45. The van der Waals surface area contributed by atoms with Crippen LogP contribution in [0.5, 0.6) is 5.75 Å². The molecule has 2 rings (SSSR count). The van der Waals surface area contributed by atoms with Gasteiger partial charge in [-0.2, -0.15) is 0 Å². The first-order valence-electron chi connectivity index (χ1n) is 9.82. The van der Waals surface area contributed by atoms with Crippen molar-refractivity contribution in [3.8, 4) is 5.75 Å². The summed E-state index contributed by atoms with van der Waals surface area (Å²) in [5, 5.41) is 21.7. The molecule has 0 saturated heterocycles. The van der Waals surface area contributed by atoms with Gasteiger partial charge in [0.1, 0.15) is 19.1 Å². The first-order chi connectivity index (χ1) is 14.5. The predicted octanol–water partition coefficient (Wildman–Crippen LogP) is 3.18. The molecular formula is C22H29F2N3O3. The van der Waals surface area contributed by atoms with Crippen LogP contribution < -0.4 is 10.1 Å². The van der Waals surface area contributed by atoms with Crippen molar-refractivity contribution in [3.63, 3.8) is 0 Å². The number of hydrogen-bond acceptors (Lipinski definition) is 5. The van der Waals surface area contributed by atoms with Gasteiger partial charge in [-0.05, 0) is 38.0 Å². The van der Waals surface area contributed by atoms with Gasteiger partial charge >= 0.3 is 0 Å². The van der Waals surface area contributed by atoms with E-state index >= 15 is 0 Å². The lowest BCUT2D eigenvalue weighted by Gasteiger charge is -2.16. The van der Waals surface area contributed by atoms with E-state index in [-0.39, 0.29) is 31.4 Å². The quantitative estimate of drug-likeness (QED) is 0.433. The molecule has 0 amide bonds. The molecule has 0 radical (unpaired) electrons. The van der Waals surface area contributed by atoms with Crippen LogP contribution in [0.3, 0.4) is 0 Å². The fraction of sp³-hybridized carbons (Fsp3) is 0.409. The maximum absolute atomic E-state index is 13.9. The second-order valence-corrected chi connectivity index (χ2v) is 6.83. The van der Waals surface area contributed by atoms with Crippen molar-refractivity contribution in [1.82, 2.24) is 14.7 Å². The third kappa shape index (κ3) is 6.48. The van der Waals surface area contributed by atoms with E-state index in [1.165, 1.54) is 12.2 Å². The molecule has 0 unspecified atom stereocenters. The Morgan fingerprint density at radius 3 is 2.93 bits per heavy atom. The van der Waals surface area contributed by atoms with Crippen molar-refractivity contribution >= 4 is 5.65 Å². The molecule has 8 heteroatoms. The van der Waals surface area contributed by atoms with Crippen LogP contribution >= 0.6 is 0 Å². The Labute approximate surface area is 175 Å². The van der Waals surface area contributed by atoms with Crippen LogP contribution in [0.1, 0.15) is 24.2 Å². The molecule has 1 atom stereocenters. The molecule has 6 nitrogen and oxygen atoms in total. The summed E-state index contributed by atoms with van der Waals surface area (Å²) in [6, 6.07) is 3.43. The third-order valence-electron chi connectivity index (χ3n) is 4.61. The molecular weight excluding hydrogens is 392 g/mol. The Morgan fingerprint density at radius 2 is 2.23 bits per heavy atom. The second-order valence-electron chi connectivity index (χ2n) is 6.83. The van der Waals surface area contributed by atoms with Gasteiger partial charge in [-0.3, -0.25) is 4.40 Å². The zero-order chi connectivity index (χ0) is 21.9. The van der Waals surface area contributed by atoms with E-state index in [0.717, 1.165) is 17.5 Å². The Bertz CT molecular complexity index is 893. The lowest BCUT2D eigenvalue weighted by molar-refractivity contribution is 0.216. The first-order valence-corrected chi connectivity index (χ1v) is 9.82. The molecule has 30 heavy (non-hydrogen) atoms. The lowest BCUT2D eigenvalue weighted by Crippen LogP contribution is -2.32. The summed E-state index contributed by atoms with van der Waals surface area (Å²) in [6.45, 7) is 5.36. The standard InChI is InChI=1S/C22H29F2N3O3/c1-16(19(24)8-3-4-10-23)15-30-21-9-5-11-27-20(17(2)26-22(21)27)13-25-18(14-29)7-6-12-28/h3-5,8-9,11,18,25,28-29H,1,6-7,10,12-15H2,2H3/b4-3-,19-8+/t18-/m1/s1. The van der Waals surface area contributed by atoms with Gasteiger partial charge in [-0.1, -0.05) is 18.7 Å². The number of aliphatic hydroxyl groups is 2. The van der Waals surface area contributed by atoms with Gasteiger partial charge in [-0.25, -0.2) is 13.8 Å². The second kappa shape index (κ2) is 12.2. The van der Waals surface area contributed by atoms with Crippen LogP contribution in [0.15, 0.2) is 54.5 Å². The Morgan fingerprint density at radius 1 is 1.43 bits per heavy atom. The summed E-state index contributed by atoms with van der Waals surface area (Å²) in [4.78, 5) is 4.57. The Balaban J connectivity index is 2.11. The summed E-state index contributed by atoms with van der Waals surface area (Å²) in [6.07, 6.45) is 6.77. The number of allylic oxidation sites excluding steroid dienone is 3. The van der Waals surface area contributed by atoms with Crippen molar-refractivity contribution < 1.29 is 23.7 Å². The zero-order valence-electron chi connectivity index (χ0n) is 17.2. The molecule has 0 saturated carbocycles. The highest BCUT2D eigenvalue weighted by molar-refractivity contribution is 5.56. The molecule has 2 aromatic rings. The van der Waals surface area contributed by atoms with E-state index in [4.69, 9.17) is 9.84 Å². The van der Waals surface area contributed by atoms with Crippen molar-refractivity contribution in [3.05, 3.63) is 65.9 Å². The van der Waals surface area contributed by atoms with Crippen LogP contribution in [0.4, 0.5) is 8.78 Å². The summed E-state index contributed by atoms with van der Waals surface area (Å²) >= 11 is 0. The monoisotopic (exact) mass is 421 g/mol. The van der Waals surface area contributed by atoms with Crippen LogP contribution in [0.2, 0.25) is 0 Å². The summed E-state index contributed by atoms with van der Waals surface area (Å²) < 4.78 is 33.6.